The summed E-state index contributed by atoms with van der Waals surface area (Å²) in [6.07, 6.45) is 8.12. The number of hydrogen-bond donors (Lipinski definition) is 2. The van der Waals surface area contributed by atoms with Crippen LogP contribution in [0.5, 0.6) is 0 Å². The van der Waals surface area contributed by atoms with Crippen LogP contribution in [0.1, 0.15) is 74.1 Å². The fourth-order valence-corrected chi connectivity index (χ4v) is 7.18. The normalized spacial score (nSPS) is 13.3. The molecule has 0 radical (unpaired) electrons. The summed E-state index contributed by atoms with van der Waals surface area (Å²) in [4.78, 5) is 23.8. The molecule has 0 atom stereocenters. The molecule has 2 rings (SSSR count). The van der Waals surface area contributed by atoms with Crippen LogP contribution in [0.2, 0.25) is 0 Å². The van der Waals surface area contributed by atoms with Crippen molar-refractivity contribution >= 4 is 17.9 Å². The van der Waals surface area contributed by atoms with Crippen molar-refractivity contribution < 1.29 is 14.3 Å². The summed E-state index contributed by atoms with van der Waals surface area (Å²) in [7, 11) is -4.72. The standard InChI is InChI=1S/C25H39O3P/c1-6-7-8-9-10-11-12-17-28-29(26,27,24-15-13-20(2)18-22(24)4)25-16-14-21(3)19-23(25)5/h13-16,18-19,26-27H,6-12,17H2,1-5H3. The predicted molar refractivity (Wildman–Crippen MR) is 126 cm³/mol. The molecule has 162 valence electrons. The summed E-state index contributed by atoms with van der Waals surface area (Å²) < 4.78 is 6.10. The SMILES string of the molecule is CCCCCCCCCOP(O)(O)(c1ccc(C)cc1C)c1ccc(C)cc1C. The Hall–Kier alpha value is -1.25. The molecule has 0 saturated carbocycles. The summed E-state index contributed by atoms with van der Waals surface area (Å²) in [6, 6.07) is 11.5. The topological polar surface area (TPSA) is 49.7 Å². The van der Waals surface area contributed by atoms with Gasteiger partial charge in [0, 0.05) is 0 Å². The van der Waals surface area contributed by atoms with E-state index in [1.807, 2.05) is 64.1 Å². The number of rotatable bonds is 11. The van der Waals surface area contributed by atoms with E-state index in [2.05, 4.69) is 6.92 Å². The van der Waals surface area contributed by atoms with Gasteiger partial charge in [0.15, 0.2) is 0 Å². The first-order chi connectivity index (χ1) is 13.7. The van der Waals surface area contributed by atoms with Gasteiger partial charge in [-0.2, -0.15) is 0 Å². The van der Waals surface area contributed by atoms with Crippen molar-refractivity contribution in [1.82, 2.24) is 0 Å². The Kier molecular flexibility index (Phi) is 8.43. The molecule has 3 nitrogen and oxygen atoms in total. The molecule has 0 aliphatic carbocycles. The molecule has 2 aromatic carbocycles. The molecule has 2 N–H and O–H groups in total. The second-order valence-electron chi connectivity index (χ2n) is 8.48. The summed E-state index contributed by atoms with van der Waals surface area (Å²) in [5.74, 6) is 0. The average Bonchev–Trinajstić information content (AvgIpc) is 2.63. The Morgan fingerprint density at radius 1 is 0.690 bits per heavy atom. The quantitative estimate of drug-likeness (QED) is 0.352. The monoisotopic (exact) mass is 418 g/mol. The van der Waals surface area contributed by atoms with Crippen molar-refractivity contribution in [2.24, 2.45) is 0 Å². The van der Waals surface area contributed by atoms with Crippen LogP contribution in [-0.4, -0.2) is 16.4 Å². The number of aryl methyl sites for hydroxylation is 4. The van der Waals surface area contributed by atoms with Crippen LogP contribution >= 0.6 is 7.28 Å². The summed E-state index contributed by atoms with van der Waals surface area (Å²) in [6.45, 7) is 10.4. The second-order valence-corrected chi connectivity index (χ2v) is 11.6. The van der Waals surface area contributed by atoms with E-state index in [0.717, 1.165) is 35.1 Å². The van der Waals surface area contributed by atoms with Gasteiger partial charge in [-0.05, 0) is 0 Å². The van der Waals surface area contributed by atoms with Gasteiger partial charge in [0.1, 0.15) is 0 Å². The van der Waals surface area contributed by atoms with Gasteiger partial charge in [0.05, 0.1) is 0 Å². The molecule has 29 heavy (non-hydrogen) atoms. The van der Waals surface area contributed by atoms with E-state index in [1.165, 1.54) is 32.1 Å². The van der Waals surface area contributed by atoms with E-state index < -0.39 is 7.28 Å². The molecule has 0 aliphatic rings. The summed E-state index contributed by atoms with van der Waals surface area (Å²) in [5.41, 5.74) is 3.90. The molecular formula is C25H39O3P. The Morgan fingerprint density at radius 3 is 1.59 bits per heavy atom. The molecule has 0 aromatic heterocycles. The number of benzene rings is 2. The number of hydrogen-bond acceptors (Lipinski definition) is 3. The third kappa shape index (κ3) is 5.89. The summed E-state index contributed by atoms with van der Waals surface area (Å²) in [5, 5.41) is 1.02. The van der Waals surface area contributed by atoms with Gasteiger partial charge >= 0.3 is 177 Å². The van der Waals surface area contributed by atoms with Gasteiger partial charge in [-0.15, -0.1) is 0 Å². The fourth-order valence-electron chi connectivity index (χ4n) is 4.08. The van der Waals surface area contributed by atoms with Gasteiger partial charge in [-0.25, -0.2) is 0 Å². The third-order valence-electron chi connectivity index (χ3n) is 5.66. The zero-order valence-electron chi connectivity index (χ0n) is 18.9. The first kappa shape index (κ1) is 24.0. The van der Waals surface area contributed by atoms with E-state index in [0.29, 0.717) is 17.2 Å². The van der Waals surface area contributed by atoms with Crippen LogP contribution in [0.3, 0.4) is 0 Å². The van der Waals surface area contributed by atoms with Crippen molar-refractivity contribution in [3.63, 3.8) is 0 Å². The molecule has 0 fully saturated rings. The Morgan fingerprint density at radius 2 is 1.14 bits per heavy atom. The van der Waals surface area contributed by atoms with Crippen LogP contribution in [0.25, 0.3) is 0 Å². The molecular weight excluding hydrogens is 379 g/mol. The predicted octanol–water partition coefficient (Wildman–Crippen LogP) is 5.92. The van der Waals surface area contributed by atoms with Gasteiger partial charge in [0.2, 0.25) is 0 Å². The first-order valence-corrected chi connectivity index (χ1v) is 13.1. The van der Waals surface area contributed by atoms with Crippen molar-refractivity contribution in [2.75, 3.05) is 6.61 Å². The first-order valence-electron chi connectivity index (χ1n) is 11.0. The Labute approximate surface area is 177 Å². The Balaban J connectivity index is 2.27. The zero-order chi connectivity index (χ0) is 21.5. The van der Waals surface area contributed by atoms with E-state index in [-0.39, 0.29) is 0 Å². The molecule has 2 aromatic rings. The van der Waals surface area contributed by atoms with E-state index in [9.17, 15) is 9.79 Å². The molecule has 0 saturated heterocycles. The third-order valence-corrected chi connectivity index (χ3v) is 9.07. The Bertz CT molecular complexity index is 758. The van der Waals surface area contributed by atoms with Crippen molar-refractivity contribution in [1.29, 1.82) is 0 Å². The van der Waals surface area contributed by atoms with Gasteiger partial charge in [-0.3, -0.25) is 0 Å². The average molecular weight is 419 g/mol. The molecule has 0 unspecified atom stereocenters. The molecule has 0 bridgehead atoms. The molecule has 0 heterocycles. The van der Waals surface area contributed by atoms with Crippen LogP contribution in [0.15, 0.2) is 36.4 Å². The number of unbranched alkanes of at least 4 members (excludes halogenated alkanes) is 6. The van der Waals surface area contributed by atoms with E-state index in [1.54, 1.807) is 0 Å². The van der Waals surface area contributed by atoms with E-state index in [4.69, 9.17) is 4.52 Å². The van der Waals surface area contributed by atoms with Gasteiger partial charge in [0.25, 0.3) is 0 Å². The minimum atomic E-state index is -4.72. The van der Waals surface area contributed by atoms with Crippen molar-refractivity contribution in [3.05, 3.63) is 58.7 Å². The molecule has 0 aliphatic heterocycles. The van der Waals surface area contributed by atoms with E-state index >= 15 is 0 Å². The van der Waals surface area contributed by atoms with Gasteiger partial charge in [-0.1, -0.05) is 0 Å². The maximum atomic E-state index is 11.9. The second kappa shape index (κ2) is 10.2. The molecule has 0 amide bonds. The zero-order valence-corrected chi connectivity index (χ0v) is 19.8. The molecule has 0 spiro atoms. The van der Waals surface area contributed by atoms with Crippen LogP contribution in [-0.2, 0) is 4.52 Å². The van der Waals surface area contributed by atoms with Crippen molar-refractivity contribution in [3.8, 4) is 0 Å². The summed E-state index contributed by atoms with van der Waals surface area (Å²) >= 11 is 0. The fraction of sp³-hybridized carbons (Fsp3) is 0.520. The maximum absolute atomic E-state index is 11.9. The minimum absolute atomic E-state index is 0.346. The van der Waals surface area contributed by atoms with Crippen LogP contribution in [0.4, 0.5) is 0 Å². The molecule has 4 heteroatoms. The van der Waals surface area contributed by atoms with Crippen molar-refractivity contribution in [2.45, 2.75) is 79.6 Å². The van der Waals surface area contributed by atoms with Gasteiger partial charge < -0.3 is 0 Å². The van der Waals surface area contributed by atoms with Crippen LogP contribution < -0.4 is 10.6 Å². The van der Waals surface area contributed by atoms with Crippen LogP contribution in [0, 0.1) is 27.7 Å².